The number of nitrogens with one attached hydrogen (secondary N) is 2. The van der Waals surface area contributed by atoms with Gasteiger partial charge >= 0.3 is 6.03 Å². The van der Waals surface area contributed by atoms with Crippen LogP contribution in [0.4, 0.5) is 4.79 Å². The fourth-order valence-electron chi connectivity index (χ4n) is 2.76. The highest BCUT2D eigenvalue weighted by Crippen LogP contribution is 2.16. The molecule has 2 N–H and O–H groups in total. The van der Waals surface area contributed by atoms with Crippen molar-refractivity contribution < 1.29 is 14.4 Å². The Bertz CT molecular complexity index is 605. The van der Waals surface area contributed by atoms with Crippen molar-refractivity contribution in [1.29, 1.82) is 0 Å². The van der Waals surface area contributed by atoms with Crippen LogP contribution in [0.25, 0.3) is 0 Å². The SMILES string of the molecule is Cc1n[nH]c(C)c1CCCNC(=O)C[C@H]1C(=O)N(C)C(=O)N1C. The predicted molar refractivity (Wildman–Crippen MR) is 83.7 cm³/mol. The molecule has 0 unspecified atom stereocenters. The van der Waals surface area contributed by atoms with E-state index in [0.29, 0.717) is 6.54 Å². The molecule has 0 radical (unpaired) electrons. The van der Waals surface area contributed by atoms with Crippen LogP contribution >= 0.6 is 0 Å². The molecule has 8 heteroatoms. The fraction of sp³-hybridized carbons (Fsp3) is 0.600. The Morgan fingerprint density at radius 1 is 1.30 bits per heavy atom. The first-order chi connectivity index (χ1) is 10.8. The zero-order chi connectivity index (χ0) is 17.1. The number of urea groups is 1. The third kappa shape index (κ3) is 3.52. The molecule has 2 heterocycles. The van der Waals surface area contributed by atoms with Crippen molar-refractivity contribution in [2.45, 2.75) is 39.2 Å². The number of carbonyl (C=O) groups is 3. The quantitative estimate of drug-likeness (QED) is 0.584. The normalized spacial score (nSPS) is 18.0. The second kappa shape index (κ2) is 6.80. The van der Waals surface area contributed by atoms with Crippen LogP contribution in [0, 0.1) is 13.8 Å². The number of H-pyrrole nitrogens is 1. The number of aryl methyl sites for hydroxylation is 2. The van der Waals surface area contributed by atoms with Crippen LogP contribution in [0.2, 0.25) is 0 Å². The van der Waals surface area contributed by atoms with E-state index < -0.39 is 6.04 Å². The maximum absolute atomic E-state index is 12.0. The minimum atomic E-state index is -0.703. The molecule has 8 nitrogen and oxygen atoms in total. The number of likely N-dealkylation sites (N-methyl/N-ethyl adjacent to an activating group) is 2. The van der Waals surface area contributed by atoms with Crippen molar-refractivity contribution >= 4 is 17.8 Å². The molecule has 23 heavy (non-hydrogen) atoms. The van der Waals surface area contributed by atoms with Gasteiger partial charge in [-0.05, 0) is 32.3 Å². The standard InChI is InChI=1S/C15H23N5O3/c1-9-11(10(2)18-17-9)6-5-7-16-13(21)8-12-14(22)20(4)15(23)19(12)3/h12H,5-8H2,1-4H3,(H,16,21)(H,17,18)/t12-/m0/s1. The van der Waals surface area contributed by atoms with Gasteiger partial charge in [0.1, 0.15) is 6.04 Å². The first-order valence-electron chi connectivity index (χ1n) is 7.64. The van der Waals surface area contributed by atoms with E-state index in [1.165, 1.54) is 24.6 Å². The molecule has 1 aliphatic rings. The molecule has 0 aromatic carbocycles. The van der Waals surface area contributed by atoms with Crippen LogP contribution in [-0.2, 0) is 16.0 Å². The van der Waals surface area contributed by atoms with Crippen LogP contribution in [0.3, 0.4) is 0 Å². The number of amides is 4. The first-order valence-corrected chi connectivity index (χ1v) is 7.64. The van der Waals surface area contributed by atoms with E-state index in [1.54, 1.807) is 0 Å². The lowest BCUT2D eigenvalue weighted by Gasteiger charge is -2.15. The molecule has 0 spiro atoms. The summed E-state index contributed by atoms with van der Waals surface area (Å²) < 4.78 is 0. The van der Waals surface area contributed by atoms with Crippen molar-refractivity contribution in [3.05, 3.63) is 17.0 Å². The molecule has 1 aromatic heterocycles. The van der Waals surface area contributed by atoms with Gasteiger partial charge < -0.3 is 10.2 Å². The number of imide groups is 1. The van der Waals surface area contributed by atoms with Gasteiger partial charge in [0.25, 0.3) is 5.91 Å². The zero-order valence-corrected chi connectivity index (χ0v) is 14.0. The Kier molecular flexibility index (Phi) is 5.02. The summed E-state index contributed by atoms with van der Waals surface area (Å²) in [6.45, 7) is 4.45. The third-order valence-corrected chi connectivity index (χ3v) is 4.26. The molecule has 0 bridgehead atoms. The van der Waals surface area contributed by atoms with E-state index in [-0.39, 0.29) is 24.3 Å². The second-order valence-corrected chi connectivity index (χ2v) is 5.88. The van der Waals surface area contributed by atoms with Gasteiger partial charge in [-0.1, -0.05) is 0 Å². The van der Waals surface area contributed by atoms with E-state index >= 15 is 0 Å². The molecule has 0 saturated carbocycles. The topological polar surface area (TPSA) is 98.4 Å². The summed E-state index contributed by atoms with van der Waals surface area (Å²) in [5.41, 5.74) is 3.21. The van der Waals surface area contributed by atoms with Crippen molar-refractivity contribution in [3.63, 3.8) is 0 Å². The van der Waals surface area contributed by atoms with E-state index in [4.69, 9.17) is 0 Å². The second-order valence-electron chi connectivity index (χ2n) is 5.88. The number of hydrogen-bond donors (Lipinski definition) is 2. The van der Waals surface area contributed by atoms with E-state index in [2.05, 4.69) is 15.5 Å². The molecule has 1 atom stereocenters. The van der Waals surface area contributed by atoms with Crippen molar-refractivity contribution in [1.82, 2.24) is 25.3 Å². The Morgan fingerprint density at radius 2 is 2.00 bits per heavy atom. The lowest BCUT2D eigenvalue weighted by molar-refractivity contribution is -0.131. The summed E-state index contributed by atoms with van der Waals surface area (Å²) in [5.74, 6) is -0.559. The molecular formula is C15H23N5O3. The van der Waals surface area contributed by atoms with Crippen LogP contribution in [0.1, 0.15) is 29.8 Å². The van der Waals surface area contributed by atoms with Gasteiger partial charge in [-0.3, -0.25) is 19.6 Å². The predicted octanol–water partition coefficient (Wildman–Crippen LogP) is 0.358. The number of carbonyl (C=O) groups excluding carboxylic acids is 3. The molecule has 1 fully saturated rings. The van der Waals surface area contributed by atoms with E-state index in [1.807, 2.05) is 13.8 Å². The van der Waals surface area contributed by atoms with Crippen LogP contribution in [-0.4, -0.2) is 64.5 Å². The minimum absolute atomic E-state index is 0.00478. The van der Waals surface area contributed by atoms with E-state index in [9.17, 15) is 14.4 Å². The summed E-state index contributed by atoms with van der Waals surface area (Å²) >= 11 is 0. The summed E-state index contributed by atoms with van der Waals surface area (Å²) in [5, 5.41) is 9.88. The highest BCUT2D eigenvalue weighted by Gasteiger charge is 2.41. The Balaban J connectivity index is 1.76. The summed E-state index contributed by atoms with van der Waals surface area (Å²) in [7, 11) is 2.96. The average molecular weight is 321 g/mol. The maximum Gasteiger partial charge on any atom is 0.326 e. The van der Waals surface area contributed by atoms with E-state index in [0.717, 1.165) is 29.1 Å². The molecule has 1 aliphatic heterocycles. The smallest absolute Gasteiger partial charge is 0.326 e. The van der Waals surface area contributed by atoms with Gasteiger partial charge in [0, 0.05) is 26.3 Å². The largest absolute Gasteiger partial charge is 0.356 e. The van der Waals surface area contributed by atoms with Gasteiger partial charge in [-0.15, -0.1) is 0 Å². The molecule has 4 amide bonds. The number of nitrogens with zero attached hydrogens (tertiary/aromatic N) is 3. The number of aromatic amines is 1. The number of rotatable bonds is 6. The first kappa shape index (κ1) is 17.0. The number of hydrogen-bond acceptors (Lipinski definition) is 4. The summed E-state index contributed by atoms with van der Waals surface area (Å²) in [4.78, 5) is 37.9. The molecule has 2 rings (SSSR count). The van der Waals surface area contributed by atoms with Gasteiger partial charge in [0.2, 0.25) is 5.91 Å². The van der Waals surface area contributed by atoms with Crippen molar-refractivity contribution in [3.8, 4) is 0 Å². The molecule has 126 valence electrons. The summed E-state index contributed by atoms with van der Waals surface area (Å²) in [6, 6.07) is -1.08. The Labute approximate surface area is 135 Å². The van der Waals surface area contributed by atoms with Gasteiger partial charge in [0.15, 0.2) is 0 Å². The van der Waals surface area contributed by atoms with Crippen molar-refractivity contribution in [2.75, 3.05) is 20.6 Å². The van der Waals surface area contributed by atoms with Gasteiger partial charge in [-0.25, -0.2) is 4.79 Å². The highest BCUT2D eigenvalue weighted by atomic mass is 16.2. The number of aromatic nitrogens is 2. The summed E-state index contributed by atoms with van der Waals surface area (Å²) in [6.07, 6.45) is 1.62. The Hall–Kier alpha value is -2.38. The lowest BCUT2D eigenvalue weighted by Crippen LogP contribution is -2.37. The Morgan fingerprint density at radius 3 is 2.52 bits per heavy atom. The van der Waals surface area contributed by atoms with Crippen molar-refractivity contribution in [2.24, 2.45) is 0 Å². The fourth-order valence-corrected chi connectivity index (χ4v) is 2.76. The molecule has 1 aromatic rings. The van der Waals surface area contributed by atoms with Crippen LogP contribution in [0.15, 0.2) is 0 Å². The minimum Gasteiger partial charge on any atom is -0.356 e. The maximum atomic E-state index is 12.0. The zero-order valence-electron chi connectivity index (χ0n) is 14.0. The highest BCUT2D eigenvalue weighted by molar-refractivity contribution is 6.05. The lowest BCUT2D eigenvalue weighted by atomic mass is 10.1. The van der Waals surface area contributed by atoms with Gasteiger partial charge in [0.05, 0.1) is 12.1 Å². The average Bonchev–Trinajstić information content (AvgIpc) is 2.92. The molecule has 0 aliphatic carbocycles. The van der Waals surface area contributed by atoms with Gasteiger partial charge in [-0.2, -0.15) is 5.10 Å². The molecule has 1 saturated heterocycles. The monoisotopic (exact) mass is 321 g/mol. The van der Waals surface area contributed by atoms with Crippen LogP contribution < -0.4 is 5.32 Å². The third-order valence-electron chi connectivity index (χ3n) is 4.26. The van der Waals surface area contributed by atoms with Crippen LogP contribution in [0.5, 0.6) is 0 Å². The molecular weight excluding hydrogens is 298 g/mol.